The number of esters is 3. The Hall–Kier alpha value is -2.63. The number of hydrogen-bond acceptors (Lipinski definition) is 6. The van der Waals surface area contributed by atoms with Crippen LogP contribution in [-0.2, 0) is 28.6 Å². The van der Waals surface area contributed by atoms with Gasteiger partial charge in [0.15, 0.2) is 6.10 Å². The molecule has 6 heteroatoms. The van der Waals surface area contributed by atoms with Gasteiger partial charge in [-0.1, -0.05) is 185 Å². The quantitative estimate of drug-likeness (QED) is 0.0267. The molecule has 0 aromatic heterocycles. The highest BCUT2D eigenvalue weighted by molar-refractivity contribution is 5.71. The van der Waals surface area contributed by atoms with Crippen molar-refractivity contribution in [2.45, 2.75) is 232 Å². The van der Waals surface area contributed by atoms with Gasteiger partial charge in [-0.05, 0) is 70.6 Å². The summed E-state index contributed by atoms with van der Waals surface area (Å²) in [6.45, 7) is 6.42. The molecule has 0 N–H and O–H groups in total. The second kappa shape index (κ2) is 44.1. The van der Waals surface area contributed by atoms with Crippen molar-refractivity contribution in [1.82, 2.24) is 0 Å². The van der Waals surface area contributed by atoms with Crippen LogP contribution in [0, 0.1) is 0 Å². The van der Waals surface area contributed by atoms with E-state index >= 15 is 0 Å². The predicted molar refractivity (Wildman–Crippen MR) is 233 cm³/mol. The summed E-state index contributed by atoms with van der Waals surface area (Å²) in [5.41, 5.74) is 0. The summed E-state index contributed by atoms with van der Waals surface area (Å²) in [6, 6.07) is 0. The first-order chi connectivity index (χ1) is 27.0. The summed E-state index contributed by atoms with van der Waals surface area (Å²) in [5.74, 6) is -0.972. The Bertz CT molecular complexity index is 980. The molecule has 0 aliphatic heterocycles. The summed E-state index contributed by atoms with van der Waals surface area (Å²) < 4.78 is 16.6. The van der Waals surface area contributed by atoms with E-state index in [1.54, 1.807) is 0 Å². The van der Waals surface area contributed by atoms with Gasteiger partial charge in [0.05, 0.1) is 0 Å². The molecule has 0 aliphatic carbocycles. The molecule has 318 valence electrons. The molecule has 0 radical (unpaired) electrons. The van der Waals surface area contributed by atoms with Gasteiger partial charge < -0.3 is 14.2 Å². The lowest BCUT2D eigenvalue weighted by molar-refractivity contribution is -0.167. The lowest BCUT2D eigenvalue weighted by Crippen LogP contribution is -2.30. The number of carbonyl (C=O) groups excluding carboxylic acids is 3. The SMILES string of the molecule is CC/C=C\C/C=C\C/C=C\CCCCC(=O)OC(COC(=O)CCC/C=C\CCCCCC)COC(=O)CCCCCCCCCCCCCCCCCC. The Morgan fingerprint density at radius 3 is 1.24 bits per heavy atom. The molecule has 0 heterocycles. The van der Waals surface area contributed by atoms with Crippen LogP contribution in [0.25, 0.3) is 0 Å². The molecule has 0 spiro atoms. The lowest BCUT2D eigenvalue weighted by Gasteiger charge is -2.18. The van der Waals surface area contributed by atoms with Crippen LogP contribution in [0.3, 0.4) is 0 Å². The molecule has 0 bridgehead atoms. The normalized spacial score (nSPS) is 12.4. The largest absolute Gasteiger partial charge is 0.462 e. The fraction of sp³-hybridized carbons (Fsp3) is 0.776. The van der Waals surface area contributed by atoms with Gasteiger partial charge in [-0.3, -0.25) is 14.4 Å². The van der Waals surface area contributed by atoms with E-state index in [1.165, 1.54) is 109 Å². The third-order valence-corrected chi connectivity index (χ3v) is 9.82. The zero-order valence-electron chi connectivity index (χ0n) is 36.2. The van der Waals surface area contributed by atoms with Crippen molar-refractivity contribution in [1.29, 1.82) is 0 Å². The minimum atomic E-state index is -0.798. The summed E-state index contributed by atoms with van der Waals surface area (Å²) in [7, 11) is 0. The Kier molecular flexibility index (Phi) is 42.0. The second-order valence-corrected chi connectivity index (χ2v) is 15.3. The molecule has 6 nitrogen and oxygen atoms in total. The van der Waals surface area contributed by atoms with Crippen molar-refractivity contribution in [2.24, 2.45) is 0 Å². The Morgan fingerprint density at radius 2 is 0.727 bits per heavy atom. The van der Waals surface area contributed by atoms with Gasteiger partial charge in [-0.15, -0.1) is 0 Å². The average Bonchev–Trinajstić information content (AvgIpc) is 3.18. The van der Waals surface area contributed by atoms with Crippen LogP contribution in [0.2, 0.25) is 0 Å². The number of hydrogen-bond donors (Lipinski definition) is 0. The molecule has 0 saturated carbocycles. The Morgan fingerprint density at radius 1 is 0.382 bits per heavy atom. The molecule has 0 amide bonds. The number of carbonyl (C=O) groups is 3. The topological polar surface area (TPSA) is 78.9 Å². The highest BCUT2D eigenvalue weighted by atomic mass is 16.6. The van der Waals surface area contributed by atoms with Crippen LogP contribution in [-0.4, -0.2) is 37.2 Å². The molecule has 1 unspecified atom stereocenters. The number of rotatable bonds is 41. The smallest absolute Gasteiger partial charge is 0.306 e. The molecule has 1 atom stereocenters. The number of unbranched alkanes of at least 4 members (excludes halogenated alkanes) is 22. The average molecular weight is 771 g/mol. The van der Waals surface area contributed by atoms with Crippen molar-refractivity contribution < 1.29 is 28.6 Å². The molecule has 0 aromatic carbocycles. The van der Waals surface area contributed by atoms with Crippen LogP contribution in [0.1, 0.15) is 226 Å². The molecular formula is C49H86O6. The summed E-state index contributed by atoms with van der Waals surface area (Å²) in [6.07, 6.45) is 51.1. The van der Waals surface area contributed by atoms with Gasteiger partial charge in [0.25, 0.3) is 0 Å². The van der Waals surface area contributed by atoms with Gasteiger partial charge in [-0.25, -0.2) is 0 Å². The first-order valence-corrected chi connectivity index (χ1v) is 23.1. The van der Waals surface area contributed by atoms with Gasteiger partial charge in [0.2, 0.25) is 0 Å². The van der Waals surface area contributed by atoms with Crippen molar-refractivity contribution >= 4 is 17.9 Å². The van der Waals surface area contributed by atoms with E-state index in [1.807, 2.05) is 0 Å². The van der Waals surface area contributed by atoms with Crippen molar-refractivity contribution in [3.63, 3.8) is 0 Å². The molecule has 0 fully saturated rings. The highest BCUT2D eigenvalue weighted by Gasteiger charge is 2.19. The van der Waals surface area contributed by atoms with Gasteiger partial charge in [-0.2, -0.15) is 0 Å². The van der Waals surface area contributed by atoms with Crippen LogP contribution in [0.5, 0.6) is 0 Å². The fourth-order valence-electron chi connectivity index (χ4n) is 6.34. The van der Waals surface area contributed by atoms with Crippen molar-refractivity contribution in [2.75, 3.05) is 13.2 Å². The minimum absolute atomic E-state index is 0.0953. The van der Waals surface area contributed by atoms with Gasteiger partial charge in [0.1, 0.15) is 13.2 Å². The molecule has 55 heavy (non-hydrogen) atoms. The first-order valence-electron chi connectivity index (χ1n) is 23.1. The van der Waals surface area contributed by atoms with E-state index in [4.69, 9.17) is 14.2 Å². The van der Waals surface area contributed by atoms with Crippen LogP contribution in [0.4, 0.5) is 0 Å². The van der Waals surface area contributed by atoms with E-state index < -0.39 is 6.10 Å². The van der Waals surface area contributed by atoms with E-state index in [-0.39, 0.29) is 37.5 Å². The lowest BCUT2D eigenvalue weighted by atomic mass is 10.0. The number of allylic oxidation sites excluding steroid dienone is 8. The zero-order chi connectivity index (χ0) is 40.1. The summed E-state index contributed by atoms with van der Waals surface area (Å²) >= 11 is 0. The van der Waals surface area contributed by atoms with Crippen LogP contribution >= 0.6 is 0 Å². The number of ether oxygens (including phenoxy) is 3. The maximum atomic E-state index is 12.7. The van der Waals surface area contributed by atoms with Gasteiger partial charge in [0, 0.05) is 19.3 Å². The van der Waals surface area contributed by atoms with Crippen LogP contribution in [0.15, 0.2) is 48.6 Å². The van der Waals surface area contributed by atoms with Gasteiger partial charge >= 0.3 is 17.9 Å². The molecule has 0 aliphatic rings. The highest BCUT2D eigenvalue weighted by Crippen LogP contribution is 2.15. The zero-order valence-corrected chi connectivity index (χ0v) is 36.2. The summed E-state index contributed by atoms with van der Waals surface area (Å²) in [4.78, 5) is 37.6. The Balaban J connectivity index is 4.37. The standard InChI is InChI=1S/C49H86O6/c1-4-7-10-13-16-19-21-23-24-25-26-28-30-33-36-39-42-48(51)54-45-46(44-53-47(50)41-38-35-32-29-18-15-12-9-6-3)55-49(52)43-40-37-34-31-27-22-20-17-14-11-8-5-2/h8,11,17,20,27,29,31-32,46H,4-7,9-10,12-16,18-19,21-26,28,30,33-45H2,1-3H3/b11-8-,20-17-,31-27-,32-29-. The third-order valence-electron chi connectivity index (χ3n) is 9.82. The fourth-order valence-corrected chi connectivity index (χ4v) is 6.34. The molecule has 0 aromatic rings. The molecular weight excluding hydrogens is 685 g/mol. The van der Waals surface area contributed by atoms with E-state index in [9.17, 15) is 14.4 Å². The maximum absolute atomic E-state index is 12.7. The Labute approximate surface area is 339 Å². The predicted octanol–water partition coefficient (Wildman–Crippen LogP) is 14.8. The second-order valence-electron chi connectivity index (χ2n) is 15.3. The molecule has 0 rings (SSSR count). The van der Waals surface area contributed by atoms with E-state index in [2.05, 4.69) is 69.4 Å². The molecule has 0 saturated heterocycles. The summed E-state index contributed by atoms with van der Waals surface area (Å²) in [5, 5.41) is 0. The minimum Gasteiger partial charge on any atom is -0.462 e. The first kappa shape index (κ1) is 52.4. The third kappa shape index (κ3) is 42.4. The van der Waals surface area contributed by atoms with E-state index in [0.29, 0.717) is 25.7 Å². The van der Waals surface area contributed by atoms with Crippen LogP contribution < -0.4 is 0 Å². The monoisotopic (exact) mass is 771 g/mol. The van der Waals surface area contributed by atoms with Crippen molar-refractivity contribution in [3.8, 4) is 0 Å². The van der Waals surface area contributed by atoms with Crippen molar-refractivity contribution in [3.05, 3.63) is 48.6 Å². The van der Waals surface area contributed by atoms with E-state index in [0.717, 1.165) is 64.2 Å². The maximum Gasteiger partial charge on any atom is 0.306 e.